The number of carbonyl (C=O) groups excluding carboxylic acids is 1. The van der Waals surface area contributed by atoms with Crippen LogP contribution in [0.15, 0.2) is 35.3 Å². The number of hydrogen-bond acceptors (Lipinski definition) is 5. The van der Waals surface area contributed by atoms with E-state index in [4.69, 9.17) is 27.9 Å². The lowest BCUT2D eigenvalue weighted by atomic mass is 10.2. The third kappa shape index (κ3) is 4.26. The van der Waals surface area contributed by atoms with Crippen molar-refractivity contribution < 1.29 is 9.53 Å². The van der Waals surface area contributed by atoms with Crippen LogP contribution in [0.4, 0.5) is 10.5 Å². The molecule has 9 heteroatoms. The highest BCUT2D eigenvalue weighted by Gasteiger charge is 2.18. The van der Waals surface area contributed by atoms with E-state index in [0.29, 0.717) is 27.4 Å². The normalized spacial score (nSPS) is 11.5. The smallest absolute Gasteiger partial charge is 0.412 e. The predicted molar refractivity (Wildman–Crippen MR) is 110 cm³/mol. The van der Waals surface area contributed by atoms with Gasteiger partial charge in [-0.05, 0) is 63.1 Å². The van der Waals surface area contributed by atoms with Gasteiger partial charge in [-0.3, -0.25) is 14.7 Å². The van der Waals surface area contributed by atoms with Gasteiger partial charge in [0.1, 0.15) is 5.60 Å². The lowest BCUT2D eigenvalue weighted by Gasteiger charge is -2.20. The van der Waals surface area contributed by atoms with E-state index in [-0.39, 0.29) is 10.8 Å². The summed E-state index contributed by atoms with van der Waals surface area (Å²) >= 11 is 12.1. The summed E-state index contributed by atoms with van der Waals surface area (Å²) in [5.74, 6) is 0. The van der Waals surface area contributed by atoms with Crippen LogP contribution >= 0.6 is 23.2 Å². The van der Waals surface area contributed by atoms with Gasteiger partial charge in [0.2, 0.25) is 5.28 Å². The minimum atomic E-state index is -0.661. The Balaban J connectivity index is 2.12. The molecule has 0 unspecified atom stereocenters. The summed E-state index contributed by atoms with van der Waals surface area (Å²) in [6.07, 6.45) is 0.907. The first-order valence-corrected chi connectivity index (χ1v) is 9.15. The highest BCUT2D eigenvalue weighted by molar-refractivity contribution is 6.33. The Hall–Kier alpha value is -2.64. The highest BCUT2D eigenvalue weighted by Crippen LogP contribution is 2.27. The van der Waals surface area contributed by atoms with Crippen LogP contribution in [0.5, 0.6) is 0 Å². The Morgan fingerprint density at radius 3 is 2.61 bits per heavy atom. The van der Waals surface area contributed by atoms with Gasteiger partial charge in [0.15, 0.2) is 5.65 Å². The van der Waals surface area contributed by atoms with Crippen LogP contribution in [-0.4, -0.2) is 26.2 Å². The molecule has 0 fully saturated rings. The number of fused-ring (bicyclic) bond motifs is 1. The van der Waals surface area contributed by atoms with E-state index < -0.39 is 11.7 Å². The molecular formula is C19H18Cl2N4O3. The summed E-state index contributed by atoms with van der Waals surface area (Å²) in [5, 5.41) is 3.60. The molecule has 0 saturated carbocycles. The van der Waals surface area contributed by atoms with Crippen LogP contribution in [0.25, 0.3) is 16.7 Å². The van der Waals surface area contributed by atoms with Crippen molar-refractivity contribution >= 4 is 46.0 Å². The molecule has 1 amide bonds. The average Bonchev–Trinajstić information content (AvgIpc) is 2.55. The molecule has 28 heavy (non-hydrogen) atoms. The number of carbonyl (C=O) groups is 1. The number of benzene rings is 1. The predicted octanol–water partition coefficient (Wildman–Crippen LogP) is 4.74. The largest absolute Gasteiger partial charge is 0.444 e. The standard InChI is InChI=1S/C19H18Cl2N4O3/c1-10-7-15(26)25(16-12(10)9-22-17(21)24-16)11-5-6-13(20)14(8-11)23-18(27)28-19(2,3)4/h5-9H,1-4H3,(H,23,27). The van der Waals surface area contributed by atoms with Crippen LogP contribution in [0, 0.1) is 6.92 Å². The van der Waals surface area contributed by atoms with Crippen molar-refractivity contribution in [1.82, 2.24) is 14.5 Å². The molecule has 0 saturated heterocycles. The number of aromatic nitrogens is 3. The molecule has 0 radical (unpaired) electrons. The molecule has 3 aromatic rings. The number of pyridine rings is 1. The van der Waals surface area contributed by atoms with Crippen LogP contribution in [0.1, 0.15) is 26.3 Å². The molecule has 0 spiro atoms. The van der Waals surface area contributed by atoms with Gasteiger partial charge >= 0.3 is 6.09 Å². The van der Waals surface area contributed by atoms with E-state index in [2.05, 4.69) is 15.3 Å². The Labute approximate surface area is 171 Å². The Kier molecular flexibility index (Phi) is 5.32. The molecule has 146 valence electrons. The number of halogens is 2. The second-order valence-corrected chi connectivity index (χ2v) is 7.91. The summed E-state index contributed by atoms with van der Waals surface area (Å²) in [6.45, 7) is 7.06. The summed E-state index contributed by atoms with van der Waals surface area (Å²) < 4.78 is 6.63. The maximum atomic E-state index is 12.7. The van der Waals surface area contributed by atoms with E-state index in [1.54, 1.807) is 52.1 Å². The molecule has 0 aliphatic rings. The SMILES string of the molecule is Cc1cc(=O)n(-c2ccc(Cl)c(NC(=O)OC(C)(C)C)c2)c2nc(Cl)ncc12. The number of aryl methyl sites for hydroxylation is 1. The van der Waals surface area contributed by atoms with Gasteiger partial charge in [-0.15, -0.1) is 0 Å². The molecule has 2 heterocycles. The van der Waals surface area contributed by atoms with Crippen molar-refractivity contribution in [2.24, 2.45) is 0 Å². The van der Waals surface area contributed by atoms with Crippen molar-refractivity contribution in [3.63, 3.8) is 0 Å². The Morgan fingerprint density at radius 2 is 1.93 bits per heavy atom. The minimum absolute atomic E-state index is 0.0207. The summed E-state index contributed by atoms with van der Waals surface area (Å²) in [4.78, 5) is 33.0. The van der Waals surface area contributed by atoms with Crippen molar-refractivity contribution in [3.8, 4) is 5.69 Å². The highest BCUT2D eigenvalue weighted by atomic mass is 35.5. The van der Waals surface area contributed by atoms with Gasteiger partial charge in [-0.25, -0.2) is 9.78 Å². The number of ether oxygens (including phenoxy) is 1. The zero-order valence-electron chi connectivity index (χ0n) is 15.7. The molecule has 0 atom stereocenters. The molecule has 0 aliphatic carbocycles. The quantitative estimate of drug-likeness (QED) is 0.604. The first-order valence-electron chi connectivity index (χ1n) is 8.40. The van der Waals surface area contributed by atoms with E-state index in [1.807, 2.05) is 0 Å². The first-order chi connectivity index (χ1) is 13.0. The lowest BCUT2D eigenvalue weighted by Crippen LogP contribution is -2.27. The maximum Gasteiger partial charge on any atom is 0.412 e. The second kappa shape index (κ2) is 7.41. The fraction of sp³-hybridized carbons (Fsp3) is 0.263. The fourth-order valence-corrected chi connectivity index (χ4v) is 2.94. The van der Waals surface area contributed by atoms with Crippen LogP contribution in [0.3, 0.4) is 0 Å². The van der Waals surface area contributed by atoms with Crippen molar-refractivity contribution in [2.75, 3.05) is 5.32 Å². The van der Waals surface area contributed by atoms with E-state index in [0.717, 1.165) is 5.56 Å². The number of nitrogens with zero attached hydrogens (tertiary/aromatic N) is 3. The summed E-state index contributed by atoms with van der Waals surface area (Å²) in [6, 6.07) is 6.27. The van der Waals surface area contributed by atoms with Gasteiger partial charge in [-0.1, -0.05) is 11.6 Å². The fourth-order valence-electron chi connectivity index (χ4n) is 2.64. The number of amides is 1. The zero-order valence-corrected chi connectivity index (χ0v) is 17.2. The molecule has 0 aliphatic heterocycles. The minimum Gasteiger partial charge on any atom is -0.444 e. The Morgan fingerprint density at radius 1 is 1.21 bits per heavy atom. The van der Waals surface area contributed by atoms with Gasteiger partial charge in [0.05, 0.1) is 16.4 Å². The maximum absolute atomic E-state index is 12.7. The number of nitrogens with one attached hydrogen (secondary N) is 1. The second-order valence-electron chi connectivity index (χ2n) is 7.17. The molecule has 7 nitrogen and oxygen atoms in total. The monoisotopic (exact) mass is 420 g/mol. The molecule has 0 bridgehead atoms. The van der Waals surface area contributed by atoms with E-state index >= 15 is 0 Å². The van der Waals surface area contributed by atoms with Crippen molar-refractivity contribution in [2.45, 2.75) is 33.3 Å². The number of anilines is 1. The Bertz CT molecular complexity index is 1140. The molecular weight excluding hydrogens is 403 g/mol. The topological polar surface area (TPSA) is 86.1 Å². The lowest BCUT2D eigenvalue weighted by molar-refractivity contribution is 0.0636. The zero-order chi connectivity index (χ0) is 20.6. The average molecular weight is 421 g/mol. The third-order valence-electron chi connectivity index (χ3n) is 3.78. The van der Waals surface area contributed by atoms with E-state index in [9.17, 15) is 9.59 Å². The molecule has 1 N–H and O–H groups in total. The summed E-state index contributed by atoms with van der Waals surface area (Å²) in [7, 11) is 0. The van der Waals surface area contributed by atoms with Crippen LogP contribution in [0.2, 0.25) is 10.3 Å². The van der Waals surface area contributed by atoms with Gasteiger partial charge < -0.3 is 4.74 Å². The number of rotatable bonds is 2. The first kappa shape index (κ1) is 20.1. The van der Waals surface area contributed by atoms with Gasteiger partial charge in [0.25, 0.3) is 5.56 Å². The van der Waals surface area contributed by atoms with Crippen molar-refractivity contribution in [1.29, 1.82) is 0 Å². The molecule has 2 aromatic heterocycles. The van der Waals surface area contributed by atoms with Crippen LogP contribution < -0.4 is 10.9 Å². The van der Waals surface area contributed by atoms with Gasteiger partial charge in [0, 0.05) is 17.6 Å². The number of hydrogen-bond donors (Lipinski definition) is 1. The molecule has 3 rings (SSSR count). The van der Waals surface area contributed by atoms with E-state index in [1.165, 1.54) is 10.6 Å². The van der Waals surface area contributed by atoms with Crippen molar-refractivity contribution in [3.05, 3.63) is 56.7 Å². The third-order valence-corrected chi connectivity index (χ3v) is 4.29. The van der Waals surface area contributed by atoms with Crippen LogP contribution in [-0.2, 0) is 4.74 Å². The molecule has 1 aromatic carbocycles. The summed E-state index contributed by atoms with van der Waals surface area (Å²) in [5.41, 5.74) is 0.885. The van der Waals surface area contributed by atoms with Gasteiger partial charge in [-0.2, -0.15) is 4.98 Å².